The molecule has 0 fully saturated rings. The minimum atomic E-state index is 0.282. The van der Waals surface area contributed by atoms with Crippen LogP contribution in [-0.2, 0) is 13.0 Å². The molecule has 0 saturated heterocycles. The van der Waals surface area contributed by atoms with E-state index in [0.717, 1.165) is 24.7 Å². The molecule has 1 aliphatic heterocycles. The maximum atomic E-state index is 5.99. The van der Waals surface area contributed by atoms with E-state index in [1.807, 2.05) is 31.3 Å². The lowest BCUT2D eigenvalue weighted by atomic mass is 9.94. The van der Waals surface area contributed by atoms with Gasteiger partial charge in [0.25, 0.3) is 0 Å². The molecule has 0 radical (unpaired) electrons. The molecule has 1 atom stereocenters. The first kappa shape index (κ1) is 13.8. The molecule has 3 rings (SSSR count). The molecule has 0 bridgehead atoms. The molecule has 5 heteroatoms. The fraction of sp³-hybridized carbons (Fsp3) is 0.375. The largest absolute Gasteiger partial charge is 0.348 e. The third-order valence-electron chi connectivity index (χ3n) is 3.95. The van der Waals surface area contributed by atoms with E-state index in [1.165, 1.54) is 11.1 Å². The fourth-order valence-electron chi connectivity index (χ4n) is 2.78. The Kier molecular flexibility index (Phi) is 3.75. The Hall–Kier alpha value is -2.14. The van der Waals surface area contributed by atoms with Gasteiger partial charge in [0, 0.05) is 39.4 Å². The standard InChI is InChI=1S/C16H21N5/c1-20(2)16-18-8-7-15(19-16)21-11-13-6-4-3-5-12(13)9-14(21)10-17/h3-8,14H,9-11,17H2,1-2H3. The molecule has 110 valence electrons. The van der Waals surface area contributed by atoms with Gasteiger partial charge in [0.05, 0.1) is 0 Å². The number of hydrogen-bond donors (Lipinski definition) is 1. The van der Waals surface area contributed by atoms with Crippen LogP contribution in [0.25, 0.3) is 0 Å². The van der Waals surface area contributed by atoms with Gasteiger partial charge in [0.2, 0.25) is 5.95 Å². The molecule has 0 aliphatic carbocycles. The zero-order valence-corrected chi connectivity index (χ0v) is 12.5. The second-order valence-corrected chi connectivity index (χ2v) is 5.60. The Morgan fingerprint density at radius 1 is 1.24 bits per heavy atom. The summed E-state index contributed by atoms with van der Waals surface area (Å²) in [5.74, 6) is 1.67. The van der Waals surface area contributed by atoms with Crippen molar-refractivity contribution in [2.75, 3.05) is 30.4 Å². The van der Waals surface area contributed by atoms with Crippen LogP contribution in [0.15, 0.2) is 36.5 Å². The number of nitrogens with zero attached hydrogens (tertiary/aromatic N) is 4. The summed E-state index contributed by atoms with van der Waals surface area (Å²) in [6, 6.07) is 10.8. The monoisotopic (exact) mass is 283 g/mol. The van der Waals surface area contributed by atoms with Gasteiger partial charge < -0.3 is 15.5 Å². The summed E-state index contributed by atoms with van der Waals surface area (Å²) in [7, 11) is 3.90. The van der Waals surface area contributed by atoms with Crippen molar-refractivity contribution in [2.24, 2.45) is 5.73 Å². The van der Waals surface area contributed by atoms with Gasteiger partial charge in [-0.3, -0.25) is 0 Å². The van der Waals surface area contributed by atoms with E-state index in [2.05, 4.69) is 39.1 Å². The molecular weight excluding hydrogens is 262 g/mol. The Bertz CT molecular complexity index is 626. The van der Waals surface area contributed by atoms with Crippen molar-refractivity contribution in [3.05, 3.63) is 47.7 Å². The van der Waals surface area contributed by atoms with Crippen molar-refractivity contribution in [1.82, 2.24) is 9.97 Å². The number of anilines is 2. The van der Waals surface area contributed by atoms with Gasteiger partial charge in [-0.05, 0) is 23.6 Å². The number of fused-ring (bicyclic) bond motifs is 1. The molecule has 1 aromatic heterocycles. The lowest BCUT2D eigenvalue weighted by Gasteiger charge is -2.37. The Labute approximate surface area is 125 Å². The summed E-state index contributed by atoms with van der Waals surface area (Å²) >= 11 is 0. The molecule has 1 aromatic carbocycles. The highest BCUT2D eigenvalue weighted by Gasteiger charge is 2.26. The van der Waals surface area contributed by atoms with E-state index >= 15 is 0 Å². The molecule has 0 amide bonds. The first-order chi connectivity index (χ1) is 10.2. The summed E-state index contributed by atoms with van der Waals surface area (Å²) in [5, 5.41) is 0. The number of rotatable bonds is 3. The van der Waals surface area contributed by atoms with Gasteiger partial charge in [0.15, 0.2) is 0 Å². The van der Waals surface area contributed by atoms with Crippen LogP contribution in [0.4, 0.5) is 11.8 Å². The molecule has 5 nitrogen and oxygen atoms in total. The number of hydrogen-bond acceptors (Lipinski definition) is 5. The van der Waals surface area contributed by atoms with Crippen molar-refractivity contribution in [1.29, 1.82) is 0 Å². The topological polar surface area (TPSA) is 58.3 Å². The summed E-state index contributed by atoms with van der Waals surface area (Å²) in [6.45, 7) is 1.47. The Morgan fingerprint density at radius 3 is 2.71 bits per heavy atom. The molecule has 1 aliphatic rings. The lowest BCUT2D eigenvalue weighted by Crippen LogP contribution is -2.45. The molecule has 1 unspecified atom stereocenters. The van der Waals surface area contributed by atoms with E-state index in [-0.39, 0.29) is 6.04 Å². The quantitative estimate of drug-likeness (QED) is 0.923. The van der Waals surface area contributed by atoms with Crippen LogP contribution >= 0.6 is 0 Å². The third kappa shape index (κ3) is 2.69. The molecule has 21 heavy (non-hydrogen) atoms. The second-order valence-electron chi connectivity index (χ2n) is 5.60. The first-order valence-electron chi connectivity index (χ1n) is 7.23. The van der Waals surface area contributed by atoms with Crippen LogP contribution in [0.2, 0.25) is 0 Å². The average Bonchev–Trinajstić information content (AvgIpc) is 2.53. The van der Waals surface area contributed by atoms with Crippen molar-refractivity contribution in [2.45, 2.75) is 19.0 Å². The maximum absolute atomic E-state index is 5.99. The van der Waals surface area contributed by atoms with E-state index in [4.69, 9.17) is 5.73 Å². The van der Waals surface area contributed by atoms with Crippen LogP contribution in [0, 0.1) is 0 Å². The zero-order chi connectivity index (χ0) is 14.8. The predicted molar refractivity (Wildman–Crippen MR) is 85.5 cm³/mol. The molecule has 0 spiro atoms. The van der Waals surface area contributed by atoms with Gasteiger partial charge in [-0.15, -0.1) is 0 Å². The summed E-state index contributed by atoms with van der Waals surface area (Å²) in [5.41, 5.74) is 8.74. The van der Waals surface area contributed by atoms with Crippen molar-refractivity contribution in [3.63, 3.8) is 0 Å². The summed E-state index contributed by atoms with van der Waals surface area (Å²) in [4.78, 5) is 13.1. The van der Waals surface area contributed by atoms with Gasteiger partial charge in [-0.25, -0.2) is 4.98 Å². The van der Waals surface area contributed by atoms with Crippen molar-refractivity contribution >= 4 is 11.8 Å². The van der Waals surface area contributed by atoms with E-state index in [9.17, 15) is 0 Å². The van der Waals surface area contributed by atoms with E-state index < -0.39 is 0 Å². The van der Waals surface area contributed by atoms with Crippen LogP contribution in [0.1, 0.15) is 11.1 Å². The Morgan fingerprint density at radius 2 is 2.00 bits per heavy atom. The highest BCUT2D eigenvalue weighted by atomic mass is 15.3. The SMILES string of the molecule is CN(C)c1nccc(N2Cc3ccccc3CC2CN)n1. The first-order valence-corrected chi connectivity index (χ1v) is 7.23. The van der Waals surface area contributed by atoms with Crippen molar-refractivity contribution in [3.8, 4) is 0 Å². The van der Waals surface area contributed by atoms with Gasteiger partial charge >= 0.3 is 0 Å². The highest BCUT2D eigenvalue weighted by Crippen LogP contribution is 2.27. The smallest absolute Gasteiger partial charge is 0.226 e. The van der Waals surface area contributed by atoms with E-state index in [0.29, 0.717) is 6.54 Å². The second kappa shape index (κ2) is 5.69. The number of benzene rings is 1. The summed E-state index contributed by atoms with van der Waals surface area (Å²) in [6.07, 6.45) is 2.78. The minimum Gasteiger partial charge on any atom is -0.348 e. The van der Waals surface area contributed by atoms with Crippen molar-refractivity contribution < 1.29 is 0 Å². The third-order valence-corrected chi connectivity index (χ3v) is 3.95. The molecule has 2 aromatic rings. The Balaban J connectivity index is 1.95. The van der Waals surface area contributed by atoms with Crippen LogP contribution in [0.3, 0.4) is 0 Å². The predicted octanol–water partition coefficient (Wildman–Crippen LogP) is 1.43. The maximum Gasteiger partial charge on any atom is 0.226 e. The fourth-order valence-corrected chi connectivity index (χ4v) is 2.78. The van der Waals surface area contributed by atoms with E-state index in [1.54, 1.807) is 0 Å². The number of nitrogens with two attached hydrogens (primary N) is 1. The normalized spacial score (nSPS) is 17.5. The molecule has 0 saturated carbocycles. The van der Waals surface area contributed by atoms with Crippen LogP contribution in [0.5, 0.6) is 0 Å². The summed E-state index contributed by atoms with van der Waals surface area (Å²) < 4.78 is 0. The van der Waals surface area contributed by atoms with Gasteiger partial charge in [0.1, 0.15) is 5.82 Å². The molecule has 2 heterocycles. The lowest BCUT2D eigenvalue weighted by molar-refractivity contribution is 0.555. The van der Waals surface area contributed by atoms with Gasteiger partial charge in [-0.1, -0.05) is 24.3 Å². The molecular formula is C16H21N5. The van der Waals surface area contributed by atoms with Crippen LogP contribution < -0.4 is 15.5 Å². The van der Waals surface area contributed by atoms with Gasteiger partial charge in [-0.2, -0.15) is 4.98 Å². The highest BCUT2D eigenvalue weighted by molar-refractivity contribution is 5.48. The number of aromatic nitrogens is 2. The zero-order valence-electron chi connectivity index (χ0n) is 12.5. The van der Waals surface area contributed by atoms with Crippen LogP contribution in [-0.4, -0.2) is 36.6 Å². The minimum absolute atomic E-state index is 0.282. The molecule has 2 N–H and O–H groups in total. The average molecular weight is 283 g/mol.